The van der Waals surface area contributed by atoms with Gasteiger partial charge in [0.05, 0.1) is 17.9 Å². The highest BCUT2D eigenvalue weighted by Crippen LogP contribution is 2.20. The number of aliphatic hydroxyl groups is 1. The minimum Gasteiger partial charge on any atom is -0.391 e. The third-order valence-corrected chi connectivity index (χ3v) is 3.18. The maximum Gasteiger partial charge on any atom is 0.257 e. The highest BCUT2D eigenvalue weighted by atomic mass is 16.3. The van der Waals surface area contributed by atoms with Crippen molar-refractivity contribution in [3.63, 3.8) is 0 Å². The molecule has 0 saturated carbocycles. The number of nitrogens with zero attached hydrogens (tertiary/aromatic N) is 4. The fraction of sp³-hybridized carbons (Fsp3) is 0.667. The fourth-order valence-electron chi connectivity index (χ4n) is 2.43. The molecule has 0 aliphatic carbocycles. The van der Waals surface area contributed by atoms with Crippen LogP contribution in [0.4, 0.5) is 0 Å². The molecular weight excluding hydrogens is 232 g/mol. The predicted octanol–water partition coefficient (Wildman–Crippen LogP) is -0.443. The van der Waals surface area contributed by atoms with Crippen molar-refractivity contribution < 1.29 is 9.90 Å². The molecule has 0 spiro atoms. The number of aryl methyl sites for hydroxylation is 1. The zero-order valence-corrected chi connectivity index (χ0v) is 11.1. The number of likely N-dealkylation sites (N-methyl/N-ethyl adjacent to an activating group) is 1. The summed E-state index contributed by atoms with van der Waals surface area (Å²) in [6, 6.07) is 0.0720. The molecule has 2 unspecified atom stereocenters. The van der Waals surface area contributed by atoms with Crippen LogP contribution >= 0.6 is 0 Å². The summed E-state index contributed by atoms with van der Waals surface area (Å²) in [5, 5.41) is 13.8. The smallest absolute Gasteiger partial charge is 0.257 e. The van der Waals surface area contributed by atoms with Crippen molar-refractivity contribution in [2.24, 2.45) is 7.05 Å². The number of rotatable bonds is 3. The molecule has 1 N–H and O–H groups in total. The second-order valence-corrected chi connectivity index (χ2v) is 5.17. The zero-order chi connectivity index (χ0) is 13.3. The first-order chi connectivity index (χ1) is 8.47. The fourth-order valence-corrected chi connectivity index (χ4v) is 2.43. The van der Waals surface area contributed by atoms with Gasteiger partial charge >= 0.3 is 0 Å². The van der Waals surface area contributed by atoms with Gasteiger partial charge < -0.3 is 14.9 Å². The monoisotopic (exact) mass is 252 g/mol. The van der Waals surface area contributed by atoms with Crippen LogP contribution in [0.3, 0.4) is 0 Å². The second kappa shape index (κ2) is 5.07. The van der Waals surface area contributed by atoms with Gasteiger partial charge in [0.25, 0.3) is 5.91 Å². The van der Waals surface area contributed by atoms with E-state index in [9.17, 15) is 9.90 Å². The van der Waals surface area contributed by atoms with Crippen LogP contribution in [0.25, 0.3) is 0 Å². The third kappa shape index (κ3) is 2.70. The average molecular weight is 252 g/mol. The summed E-state index contributed by atoms with van der Waals surface area (Å²) < 4.78 is 1.61. The lowest BCUT2D eigenvalue weighted by Crippen LogP contribution is -2.41. The van der Waals surface area contributed by atoms with Crippen LogP contribution in [0.1, 0.15) is 16.8 Å². The van der Waals surface area contributed by atoms with Crippen LogP contribution in [0, 0.1) is 0 Å². The quantitative estimate of drug-likeness (QED) is 0.792. The molecule has 100 valence electrons. The summed E-state index contributed by atoms with van der Waals surface area (Å²) in [5.74, 6) is -0.0495. The van der Waals surface area contributed by atoms with E-state index in [2.05, 4.69) is 5.10 Å². The second-order valence-electron chi connectivity index (χ2n) is 5.17. The molecule has 6 nitrogen and oxygen atoms in total. The number of β-amino-alcohol motifs (C(OH)–C–C–N with tert-alkyl or cyclic N) is 1. The van der Waals surface area contributed by atoms with E-state index in [0.29, 0.717) is 18.5 Å². The largest absolute Gasteiger partial charge is 0.391 e. The maximum atomic E-state index is 12.3. The Kier molecular flexibility index (Phi) is 3.68. The summed E-state index contributed by atoms with van der Waals surface area (Å²) in [5.41, 5.74) is 0.579. The zero-order valence-electron chi connectivity index (χ0n) is 11.1. The van der Waals surface area contributed by atoms with Crippen molar-refractivity contribution >= 4 is 5.91 Å². The van der Waals surface area contributed by atoms with Crippen molar-refractivity contribution in [2.75, 3.05) is 27.2 Å². The molecule has 1 aliphatic rings. The molecule has 0 radical (unpaired) electrons. The van der Waals surface area contributed by atoms with E-state index in [1.54, 1.807) is 29.0 Å². The Morgan fingerprint density at radius 3 is 2.89 bits per heavy atom. The van der Waals surface area contributed by atoms with Crippen LogP contribution < -0.4 is 0 Å². The van der Waals surface area contributed by atoms with Gasteiger partial charge in [-0.2, -0.15) is 5.10 Å². The molecule has 18 heavy (non-hydrogen) atoms. The van der Waals surface area contributed by atoms with Crippen LogP contribution in [0.15, 0.2) is 12.4 Å². The molecule has 1 aromatic heterocycles. The number of carbonyl (C=O) groups excluding carboxylic acids is 1. The Morgan fingerprint density at radius 1 is 1.61 bits per heavy atom. The van der Waals surface area contributed by atoms with Gasteiger partial charge in [-0.15, -0.1) is 0 Å². The Labute approximate surface area is 107 Å². The van der Waals surface area contributed by atoms with Gasteiger partial charge in [-0.3, -0.25) is 9.48 Å². The predicted molar refractivity (Wildman–Crippen MR) is 67.2 cm³/mol. The molecule has 2 rings (SSSR count). The Morgan fingerprint density at radius 2 is 2.33 bits per heavy atom. The minimum atomic E-state index is -0.421. The number of carbonyl (C=O) groups is 1. The van der Waals surface area contributed by atoms with Gasteiger partial charge in [0, 0.05) is 32.4 Å². The maximum absolute atomic E-state index is 12.3. The highest BCUT2D eigenvalue weighted by Gasteiger charge is 2.35. The first kappa shape index (κ1) is 13.0. The van der Waals surface area contributed by atoms with Gasteiger partial charge in [0.2, 0.25) is 0 Å². The van der Waals surface area contributed by atoms with Crippen LogP contribution in [-0.4, -0.2) is 69.9 Å². The Hall–Kier alpha value is -1.40. The van der Waals surface area contributed by atoms with E-state index in [-0.39, 0.29) is 11.9 Å². The van der Waals surface area contributed by atoms with Crippen LogP contribution in [0.5, 0.6) is 0 Å². The van der Waals surface area contributed by atoms with Crippen LogP contribution in [0.2, 0.25) is 0 Å². The standard InChI is InChI=1S/C12H20N4O2/c1-14(2)7-10-4-11(17)8-16(10)12(18)9-5-13-15(3)6-9/h5-6,10-11,17H,4,7-8H2,1-3H3. The first-order valence-electron chi connectivity index (χ1n) is 6.09. The lowest BCUT2D eigenvalue weighted by molar-refractivity contribution is 0.0699. The minimum absolute atomic E-state index is 0.0495. The van der Waals surface area contributed by atoms with E-state index in [1.165, 1.54) is 0 Å². The molecule has 0 aromatic carbocycles. The van der Waals surface area contributed by atoms with E-state index in [0.717, 1.165) is 6.54 Å². The molecule has 1 fully saturated rings. The topological polar surface area (TPSA) is 61.6 Å². The summed E-state index contributed by atoms with van der Waals surface area (Å²) in [7, 11) is 5.72. The number of aromatic nitrogens is 2. The average Bonchev–Trinajstić information content (AvgIpc) is 2.83. The van der Waals surface area contributed by atoms with E-state index in [1.807, 2.05) is 19.0 Å². The Bertz CT molecular complexity index is 429. The molecule has 6 heteroatoms. The van der Waals surface area contributed by atoms with Gasteiger partial charge in [-0.25, -0.2) is 0 Å². The molecule has 0 bridgehead atoms. The molecule has 1 saturated heterocycles. The van der Waals surface area contributed by atoms with Crippen molar-refractivity contribution in [1.82, 2.24) is 19.6 Å². The first-order valence-corrected chi connectivity index (χ1v) is 6.09. The van der Waals surface area contributed by atoms with Crippen molar-refractivity contribution in [3.05, 3.63) is 18.0 Å². The SMILES string of the molecule is CN(C)CC1CC(O)CN1C(=O)c1cnn(C)c1. The molecular formula is C12H20N4O2. The number of amides is 1. The van der Waals surface area contributed by atoms with Gasteiger partial charge in [-0.05, 0) is 20.5 Å². The van der Waals surface area contributed by atoms with E-state index >= 15 is 0 Å². The Balaban J connectivity index is 2.12. The number of hydrogen-bond donors (Lipinski definition) is 1. The van der Waals surface area contributed by atoms with Crippen molar-refractivity contribution in [2.45, 2.75) is 18.6 Å². The van der Waals surface area contributed by atoms with Gasteiger partial charge in [0.15, 0.2) is 0 Å². The number of likely N-dealkylation sites (tertiary alicyclic amines) is 1. The van der Waals surface area contributed by atoms with Crippen LogP contribution in [-0.2, 0) is 7.05 Å². The third-order valence-electron chi connectivity index (χ3n) is 3.18. The van der Waals surface area contributed by atoms with Crippen molar-refractivity contribution in [1.29, 1.82) is 0 Å². The van der Waals surface area contributed by atoms with E-state index < -0.39 is 6.10 Å². The molecule has 1 aliphatic heterocycles. The van der Waals surface area contributed by atoms with Gasteiger partial charge in [-0.1, -0.05) is 0 Å². The number of hydrogen-bond acceptors (Lipinski definition) is 4. The molecule has 1 amide bonds. The summed E-state index contributed by atoms with van der Waals surface area (Å²) >= 11 is 0. The summed E-state index contributed by atoms with van der Waals surface area (Å²) in [6.45, 7) is 1.18. The molecule has 1 aromatic rings. The molecule has 2 atom stereocenters. The molecule has 2 heterocycles. The van der Waals surface area contributed by atoms with E-state index in [4.69, 9.17) is 0 Å². The summed E-state index contributed by atoms with van der Waals surface area (Å²) in [6.07, 6.45) is 3.50. The normalized spacial score (nSPS) is 23.9. The van der Waals surface area contributed by atoms with Gasteiger partial charge in [0.1, 0.15) is 0 Å². The lowest BCUT2D eigenvalue weighted by atomic mass is 10.2. The van der Waals surface area contributed by atoms with Crippen molar-refractivity contribution in [3.8, 4) is 0 Å². The lowest BCUT2D eigenvalue weighted by Gasteiger charge is -2.26. The summed E-state index contributed by atoms with van der Waals surface area (Å²) in [4.78, 5) is 16.1. The highest BCUT2D eigenvalue weighted by molar-refractivity contribution is 5.94. The number of aliphatic hydroxyl groups excluding tert-OH is 1.